The third-order valence-electron chi connectivity index (χ3n) is 4.40. The van der Waals surface area contributed by atoms with Crippen molar-refractivity contribution in [1.82, 2.24) is 4.90 Å². The second-order valence-corrected chi connectivity index (χ2v) is 5.73. The number of likely N-dealkylation sites (tertiary alicyclic amines) is 1. The first-order valence-corrected chi connectivity index (χ1v) is 6.94. The van der Waals surface area contributed by atoms with Crippen LogP contribution in [0, 0.1) is 5.92 Å². The molecule has 1 saturated carbocycles. The molecular weight excluding hydrogens is 256 g/mol. The first-order valence-electron chi connectivity index (χ1n) is 6.94. The molecule has 3 rings (SSSR count). The Hall–Kier alpha value is -0.750. The van der Waals surface area contributed by atoms with Crippen molar-refractivity contribution in [3.8, 4) is 0 Å². The van der Waals surface area contributed by atoms with Crippen LogP contribution in [-0.4, -0.2) is 48.8 Å². The van der Waals surface area contributed by atoms with Gasteiger partial charge in [-0.1, -0.05) is 0 Å². The lowest BCUT2D eigenvalue weighted by Crippen LogP contribution is -2.48. The normalized spacial score (nSPS) is 32.9. The summed E-state index contributed by atoms with van der Waals surface area (Å²) < 4.78 is 37.5. The number of nitrogens with zero attached hydrogens (tertiary/aromatic N) is 1. The minimum atomic E-state index is -2.66. The summed E-state index contributed by atoms with van der Waals surface area (Å²) >= 11 is 0. The summed E-state index contributed by atoms with van der Waals surface area (Å²) in [7, 11) is 0. The van der Waals surface area contributed by atoms with E-state index in [1.165, 1.54) is 0 Å². The zero-order valence-corrected chi connectivity index (χ0v) is 10.9. The number of hydrogen-bond donors (Lipinski definition) is 0. The van der Waals surface area contributed by atoms with Gasteiger partial charge in [-0.05, 0) is 6.42 Å². The topological polar surface area (TPSA) is 38.8 Å². The maximum Gasteiger partial charge on any atom is 0.248 e. The maximum absolute atomic E-state index is 13.2. The van der Waals surface area contributed by atoms with Crippen molar-refractivity contribution in [3.05, 3.63) is 0 Å². The standard InChI is InChI=1S/C13H19F2NO3/c14-12(15)2-1-10(9-12)11(17)16-5-3-13(4-6-16)18-7-8-19-13/h10H,1-9H2. The van der Waals surface area contributed by atoms with E-state index in [1.54, 1.807) is 4.90 Å². The molecule has 2 aliphatic heterocycles. The van der Waals surface area contributed by atoms with Crippen LogP contribution in [-0.2, 0) is 14.3 Å². The number of rotatable bonds is 1. The Kier molecular flexibility index (Phi) is 3.25. The van der Waals surface area contributed by atoms with Crippen molar-refractivity contribution in [2.24, 2.45) is 5.92 Å². The number of hydrogen-bond acceptors (Lipinski definition) is 3. The summed E-state index contributed by atoms with van der Waals surface area (Å²) in [6, 6.07) is 0. The van der Waals surface area contributed by atoms with E-state index < -0.39 is 17.6 Å². The summed E-state index contributed by atoms with van der Waals surface area (Å²) in [5.74, 6) is -3.80. The number of alkyl halides is 2. The highest BCUT2D eigenvalue weighted by Crippen LogP contribution is 2.40. The second kappa shape index (κ2) is 4.66. The fraction of sp³-hybridized carbons (Fsp3) is 0.923. The van der Waals surface area contributed by atoms with Crippen molar-refractivity contribution in [3.63, 3.8) is 0 Å². The number of piperidine rings is 1. The van der Waals surface area contributed by atoms with Gasteiger partial charge in [-0.3, -0.25) is 4.79 Å². The average Bonchev–Trinajstić information content (AvgIpc) is 2.97. The van der Waals surface area contributed by atoms with E-state index in [0.29, 0.717) is 45.6 Å². The van der Waals surface area contributed by atoms with Crippen LogP contribution in [0.15, 0.2) is 0 Å². The zero-order valence-electron chi connectivity index (χ0n) is 10.9. The Morgan fingerprint density at radius 1 is 1.11 bits per heavy atom. The molecule has 0 aromatic rings. The summed E-state index contributed by atoms with van der Waals surface area (Å²) in [5.41, 5.74) is 0. The van der Waals surface area contributed by atoms with E-state index >= 15 is 0 Å². The number of carbonyl (C=O) groups excluding carboxylic acids is 1. The number of ether oxygens (including phenoxy) is 2. The quantitative estimate of drug-likeness (QED) is 0.732. The molecule has 4 nitrogen and oxygen atoms in total. The lowest BCUT2D eigenvalue weighted by atomic mass is 10.00. The molecule has 1 amide bonds. The lowest BCUT2D eigenvalue weighted by molar-refractivity contribution is -0.188. The van der Waals surface area contributed by atoms with Gasteiger partial charge in [-0.2, -0.15) is 0 Å². The highest BCUT2D eigenvalue weighted by Gasteiger charge is 2.46. The van der Waals surface area contributed by atoms with Crippen LogP contribution in [0.4, 0.5) is 8.78 Å². The van der Waals surface area contributed by atoms with Crippen LogP contribution in [0.3, 0.4) is 0 Å². The lowest BCUT2D eigenvalue weighted by Gasteiger charge is -2.38. The molecular formula is C13H19F2NO3. The van der Waals surface area contributed by atoms with E-state index in [1.807, 2.05) is 0 Å². The third-order valence-corrected chi connectivity index (χ3v) is 4.40. The summed E-state index contributed by atoms with van der Waals surface area (Å²) in [4.78, 5) is 13.9. The summed E-state index contributed by atoms with van der Waals surface area (Å²) in [6.07, 6.45) is 1.14. The maximum atomic E-state index is 13.2. The molecule has 0 aromatic heterocycles. The third kappa shape index (κ3) is 2.60. The van der Waals surface area contributed by atoms with Gasteiger partial charge in [0, 0.05) is 44.7 Å². The van der Waals surface area contributed by atoms with Gasteiger partial charge in [-0.25, -0.2) is 8.78 Å². The smallest absolute Gasteiger partial charge is 0.248 e. The van der Waals surface area contributed by atoms with E-state index in [2.05, 4.69) is 0 Å². The van der Waals surface area contributed by atoms with Crippen molar-refractivity contribution >= 4 is 5.91 Å². The molecule has 2 heterocycles. The SMILES string of the molecule is O=C(C1CCC(F)(F)C1)N1CCC2(CC1)OCCO2. The Morgan fingerprint density at radius 2 is 1.74 bits per heavy atom. The van der Waals surface area contributed by atoms with E-state index in [4.69, 9.17) is 9.47 Å². The minimum Gasteiger partial charge on any atom is -0.347 e. The molecule has 0 radical (unpaired) electrons. The van der Waals surface area contributed by atoms with Gasteiger partial charge in [0.1, 0.15) is 0 Å². The van der Waals surface area contributed by atoms with E-state index in [-0.39, 0.29) is 18.7 Å². The molecule has 3 fully saturated rings. The van der Waals surface area contributed by atoms with Gasteiger partial charge in [0.05, 0.1) is 13.2 Å². The van der Waals surface area contributed by atoms with Crippen LogP contribution in [0.2, 0.25) is 0 Å². The number of carbonyl (C=O) groups is 1. The largest absolute Gasteiger partial charge is 0.347 e. The van der Waals surface area contributed by atoms with Gasteiger partial charge in [0.15, 0.2) is 5.79 Å². The van der Waals surface area contributed by atoms with Crippen LogP contribution in [0.25, 0.3) is 0 Å². The van der Waals surface area contributed by atoms with Crippen molar-refractivity contribution in [2.75, 3.05) is 26.3 Å². The van der Waals surface area contributed by atoms with Gasteiger partial charge in [0.25, 0.3) is 0 Å². The van der Waals surface area contributed by atoms with Crippen LogP contribution < -0.4 is 0 Å². The van der Waals surface area contributed by atoms with Crippen LogP contribution in [0.5, 0.6) is 0 Å². The first kappa shape index (κ1) is 13.2. The molecule has 19 heavy (non-hydrogen) atoms. The number of halogens is 2. The summed E-state index contributed by atoms with van der Waals surface area (Å²) in [5, 5.41) is 0. The molecule has 1 spiro atoms. The Bertz CT molecular complexity index is 359. The predicted octanol–water partition coefficient (Wildman–Crippen LogP) is 1.79. The molecule has 1 atom stereocenters. The molecule has 1 unspecified atom stereocenters. The molecule has 6 heteroatoms. The summed E-state index contributed by atoms with van der Waals surface area (Å²) in [6.45, 7) is 2.29. The molecule has 3 aliphatic rings. The van der Waals surface area contributed by atoms with Gasteiger partial charge in [-0.15, -0.1) is 0 Å². The fourth-order valence-electron chi connectivity index (χ4n) is 3.27. The molecule has 108 valence electrons. The highest BCUT2D eigenvalue weighted by atomic mass is 19.3. The van der Waals surface area contributed by atoms with Crippen molar-refractivity contribution in [2.45, 2.75) is 43.8 Å². The molecule has 0 N–H and O–H groups in total. The Morgan fingerprint density at radius 3 is 2.26 bits per heavy atom. The van der Waals surface area contributed by atoms with Crippen molar-refractivity contribution in [1.29, 1.82) is 0 Å². The Balaban J connectivity index is 1.55. The second-order valence-electron chi connectivity index (χ2n) is 5.73. The molecule has 0 bridgehead atoms. The molecule has 0 aromatic carbocycles. The Labute approximate surface area is 111 Å². The van der Waals surface area contributed by atoms with Gasteiger partial charge >= 0.3 is 0 Å². The first-order chi connectivity index (χ1) is 9.00. The van der Waals surface area contributed by atoms with E-state index in [9.17, 15) is 13.6 Å². The zero-order chi connectivity index (χ0) is 13.5. The average molecular weight is 275 g/mol. The fourth-order valence-corrected chi connectivity index (χ4v) is 3.27. The van der Waals surface area contributed by atoms with Gasteiger partial charge < -0.3 is 14.4 Å². The van der Waals surface area contributed by atoms with Gasteiger partial charge in [0.2, 0.25) is 11.8 Å². The van der Waals surface area contributed by atoms with Crippen LogP contribution in [0.1, 0.15) is 32.1 Å². The number of amides is 1. The highest BCUT2D eigenvalue weighted by molar-refractivity contribution is 5.79. The molecule has 2 saturated heterocycles. The molecule has 1 aliphatic carbocycles. The monoisotopic (exact) mass is 275 g/mol. The predicted molar refractivity (Wildman–Crippen MR) is 62.7 cm³/mol. The van der Waals surface area contributed by atoms with Crippen molar-refractivity contribution < 1.29 is 23.0 Å². The minimum absolute atomic E-state index is 0.120. The van der Waals surface area contributed by atoms with Crippen LogP contribution >= 0.6 is 0 Å². The van der Waals surface area contributed by atoms with E-state index in [0.717, 1.165) is 0 Å².